The normalized spacial score (nSPS) is 12.4. The lowest BCUT2D eigenvalue weighted by Crippen LogP contribution is -2.25. The number of amides is 1. The maximum Gasteiger partial charge on any atom is 0.338 e. The highest BCUT2D eigenvalue weighted by atomic mass is 16.6. The van der Waals surface area contributed by atoms with Crippen molar-refractivity contribution in [2.24, 2.45) is 0 Å². The van der Waals surface area contributed by atoms with Crippen molar-refractivity contribution in [1.82, 2.24) is 10.3 Å². The van der Waals surface area contributed by atoms with Crippen LogP contribution < -0.4 is 5.32 Å². The predicted molar refractivity (Wildman–Crippen MR) is 98.0 cm³/mol. The van der Waals surface area contributed by atoms with Crippen molar-refractivity contribution < 1.29 is 19.4 Å². The Morgan fingerprint density at radius 2 is 1.85 bits per heavy atom. The van der Waals surface area contributed by atoms with Crippen molar-refractivity contribution in [2.75, 3.05) is 7.05 Å². The molecular formula is C20H24N2O4. The van der Waals surface area contributed by atoms with E-state index in [1.165, 1.54) is 19.2 Å². The van der Waals surface area contributed by atoms with E-state index in [2.05, 4.69) is 10.3 Å². The van der Waals surface area contributed by atoms with Crippen LogP contribution in [0.4, 0.5) is 0 Å². The maximum atomic E-state index is 12.4. The topological polar surface area (TPSA) is 88.5 Å². The summed E-state index contributed by atoms with van der Waals surface area (Å²) in [6, 6.07) is 10.1. The summed E-state index contributed by atoms with van der Waals surface area (Å²) in [6.45, 7) is 7.15. The van der Waals surface area contributed by atoms with Crippen LogP contribution in [0.1, 0.15) is 64.5 Å². The smallest absolute Gasteiger partial charge is 0.338 e. The number of benzene rings is 1. The lowest BCUT2D eigenvalue weighted by Gasteiger charge is -2.20. The minimum atomic E-state index is -1.07. The van der Waals surface area contributed by atoms with Gasteiger partial charge in [-0.15, -0.1) is 0 Å². The van der Waals surface area contributed by atoms with E-state index in [1.807, 2.05) is 25.1 Å². The summed E-state index contributed by atoms with van der Waals surface area (Å²) in [5, 5.41) is 13.2. The number of nitrogens with one attached hydrogen (secondary N) is 1. The molecule has 0 radical (unpaired) electrons. The Labute approximate surface area is 153 Å². The quantitative estimate of drug-likeness (QED) is 0.823. The van der Waals surface area contributed by atoms with Crippen LogP contribution in [0.3, 0.4) is 0 Å². The number of pyridine rings is 1. The van der Waals surface area contributed by atoms with Crippen LogP contribution >= 0.6 is 0 Å². The van der Waals surface area contributed by atoms with Crippen LogP contribution in [0.25, 0.3) is 0 Å². The molecule has 6 heteroatoms. The molecule has 0 fully saturated rings. The Kier molecular flexibility index (Phi) is 5.77. The lowest BCUT2D eigenvalue weighted by atomic mass is 9.99. The number of rotatable bonds is 4. The number of nitrogens with zero attached hydrogens (tertiary/aromatic N) is 1. The van der Waals surface area contributed by atoms with E-state index in [4.69, 9.17) is 4.74 Å². The van der Waals surface area contributed by atoms with Crippen molar-refractivity contribution in [3.63, 3.8) is 0 Å². The standard InChI is InChI=1S/C20H24N2O4/c1-12-8-6-7-9-14(12)17(23)15-10-13(19(25)26-20(2,3)4)11-16(22-15)18(24)21-5/h6-11,17,23H,1-5H3,(H,21,24)/t17-/m1/s1. The average molecular weight is 356 g/mol. The molecule has 0 aliphatic rings. The van der Waals surface area contributed by atoms with Crippen molar-refractivity contribution in [2.45, 2.75) is 39.4 Å². The molecule has 138 valence electrons. The fraction of sp³-hybridized carbons (Fsp3) is 0.350. The number of ether oxygens (including phenoxy) is 1. The highest BCUT2D eigenvalue weighted by Gasteiger charge is 2.23. The first-order chi connectivity index (χ1) is 12.1. The summed E-state index contributed by atoms with van der Waals surface area (Å²) in [5.41, 5.74) is 1.27. The van der Waals surface area contributed by atoms with Gasteiger partial charge < -0.3 is 15.2 Å². The summed E-state index contributed by atoms with van der Waals surface area (Å²) >= 11 is 0. The van der Waals surface area contributed by atoms with Crippen molar-refractivity contribution >= 4 is 11.9 Å². The molecule has 0 aliphatic carbocycles. The van der Waals surface area contributed by atoms with E-state index in [9.17, 15) is 14.7 Å². The molecule has 1 heterocycles. The van der Waals surface area contributed by atoms with Crippen LogP contribution in [-0.4, -0.2) is 34.6 Å². The van der Waals surface area contributed by atoms with Gasteiger partial charge in [-0.1, -0.05) is 24.3 Å². The molecule has 2 N–H and O–H groups in total. The molecule has 2 aromatic rings. The molecule has 0 aliphatic heterocycles. The number of hydrogen-bond donors (Lipinski definition) is 2. The third-order valence-electron chi connectivity index (χ3n) is 3.70. The number of aliphatic hydroxyl groups is 1. The minimum Gasteiger partial charge on any atom is -0.456 e. The summed E-state index contributed by atoms with van der Waals surface area (Å²) in [5.74, 6) is -1.03. The number of esters is 1. The van der Waals surface area contributed by atoms with Crippen LogP contribution in [0.5, 0.6) is 0 Å². The van der Waals surface area contributed by atoms with Gasteiger partial charge in [0.1, 0.15) is 17.4 Å². The van der Waals surface area contributed by atoms with Crippen LogP contribution in [-0.2, 0) is 4.74 Å². The van der Waals surface area contributed by atoms with E-state index in [-0.39, 0.29) is 17.0 Å². The first-order valence-corrected chi connectivity index (χ1v) is 8.33. The SMILES string of the molecule is CNC(=O)c1cc(C(=O)OC(C)(C)C)cc([C@H](O)c2ccccc2C)n1. The summed E-state index contributed by atoms with van der Waals surface area (Å²) in [4.78, 5) is 28.7. The van der Waals surface area contributed by atoms with Crippen molar-refractivity contribution in [3.05, 3.63) is 64.5 Å². The molecule has 0 saturated heterocycles. The first-order valence-electron chi connectivity index (χ1n) is 8.33. The molecule has 6 nitrogen and oxygen atoms in total. The number of hydrogen-bond acceptors (Lipinski definition) is 5. The van der Waals surface area contributed by atoms with Crippen molar-refractivity contribution in [1.29, 1.82) is 0 Å². The first kappa shape index (κ1) is 19.6. The zero-order chi connectivity index (χ0) is 19.5. The number of aryl methyl sites for hydroxylation is 1. The molecule has 26 heavy (non-hydrogen) atoms. The zero-order valence-electron chi connectivity index (χ0n) is 15.7. The average Bonchev–Trinajstić information content (AvgIpc) is 2.59. The van der Waals surface area contributed by atoms with Gasteiger partial charge in [0.15, 0.2) is 0 Å². The predicted octanol–water partition coefficient (Wildman–Crippen LogP) is 2.79. The van der Waals surface area contributed by atoms with Gasteiger partial charge in [-0.2, -0.15) is 0 Å². The van der Waals surface area contributed by atoms with E-state index >= 15 is 0 Å². The van der Waals surface area contributed by atoms with E-state index in [0.717, 1.165) is 5.56 Å². The van der Waals surface area contributed by atoms with Gasteiger partial charge in [0.05, 0.1) is 11.3 Å². The van der Waals surface area contributed by atoms with Crippen LogP contribution in [0.2, 0.25) is 0 Å². The molecule has 0 saturated carbocycles. The van der Waals surface area contributed by atoms with E-state index < -0.39 is 23.6 Å². The van der Waals surface area contributed by atoms with Gasteiger partial charge >= 0.3 is 5.97 Å². The largest absolute Gasteiger partial charge is 0.456 e. The Morgan fingerprint density at radius 3 is 2.42 bits per heavy atom. The highest BCUT2D eigenvalue weighted by Crippen LogP contribution is 2.25. The van der Waals surface area contributed by atoms with Crippen LogP contribution in [0, 0.1) is 6.92 Å². The second-order valence-corrected chi connectivity index (χ2v) is 7.01. The summed E-state index contributed by atoms with van der Waals surface area (Å²) < 4.78 is 5.38. The Hall–Kier alpha value is -2.73. The molecule has 1 aromatic heterocycles. The maximum absolute atomic E-state index is 12.4. The van der Waals surface area contributed by atoms with Crippen LogP contribution in [0.15, 0.2) is 36.4 Å². The molecule has 1 aromatic carbocycles. The summed E-state index contributed by atoms with van der Waals surface area (Å²) in [6.07, 6.45) is -1.07. The second kappa shape index (κ2) is 7.66. The Bertz CT molecular complexity index is 825. The van der Waals surface area contributed by atoms with Gasteiger partial charge in [0.2, 0.25) is 0 Å². The molecular weight excluding hydrogens is 332 g/mol. The minimum absolute atomic E-state index is 0.0403. The van der Waals surface area contributed by atoms with Gasteiger partial charge in [0.25, 0.3) is 5.91 Å². The number of aromatic nitrogens is 1. The van der Waals surface area contributed by atoms with E-state index in [0.29, 0.717) is 5.56 Å². The molecule has 0 bridgehead atoms. The fourth-order valence-electron chi connectivity index (χ4n) is 2.44. The number of aliphatic hydroxyl groups excluding tert-OH is 1. The zero-order valence-corrected chi connectivity index (χ0v) is 15.7. The molecule has 2 rings (SSSR count). The molecule has 0 unspecified atom stereocenters. The molecule has 1 amide bonds. The van der Waals surface area contributed by atoms with Gasteiger partial charge in [-0.25, -0.2) is 9.78 Å². The highest BCUT2D eigenvalue weighted by molar-refractivity contribution is 5.96. The number of carbonyl (C=O) groups excluding carboxylic acids is 2. The molecule has 1 atom stereocenters. The van der Waals surface area contributed by atoms with E-state index in [1.54, 1.807) is 26.8 Å². The molecule has 0 spiro atoms. The van der Waals surface area contributed by atoms with Gasteiger partial charge in [0, 0.05) is 7.05 Å². The third kappa shape index (κ3) is 4.67. The third-order valence-corrected chi connectivity index (χ3v) is 3.70. The fourth-order valence-corrected chi connectivity index (χ4v) is 2.44. The Balaban J connectivity index is 2.51. The van der Waals surface area contributed by atoms with Crippen molar-refractivity contribution in [3.8, 4) is 0 Å². The second-order valence-electron chi connectivity index (χ2n) is 7.01. The monoisotopic (exact) mass is 356 g/mol. The van der Waals surface area contributed by atoms with Gasteiger partial charge in [-0.3, -0.25) is 4.79 Å². The summed E-state index contributed by atoms with van der Waals surface area (Å²) in [7, 11) is 1.47. The lowest BCUT2D eigenvalue weighted by molar-refractivity contribution is 0.00691. The van der Waals surface area contributed by atoms with Gasteiger partial charge in [-0.05, 0) is 51.0 Å². The number of carbonyl (C=O) groups is 2. The Morgan fingerprint density at radius 1 is 1.19 bits per heavy atom.